The van der Waals surface area contributed by atoms with Gasteiger partial charge in [0.2, 0.25) is 27.6 Å². The number of hydrogen-bond donors (Lipinski definition) is 4. The number of likely N-dealkylation sites (N-methyl/N-ethyl adjacent to an activating group) is 1. The summed E-state index contributed by atoms with van der Waals surface area (Å²) in [5, 5.41) is 8.64. The number of carbonyl (C=O) groups is 5. The van der Waals surface area contributed by atoms with Crippen LogP contribution in [0.2, 0.25) is 0 Å². The summed E-state index contributed by atoms with van der Waals surface area (Å²) in [5.41, 5.74) is 4.24. The van der Waals surface area contributed by atoms with Crippen LogP contribution in [0.25, 0.3) is 0 Å². The van der Waals surface area contributed by atoms with Crippen molar-refractivity contribution in [3.05, 3.63) is 0 Å². The minimum atomic E-state index is -3.50. The number of sulfonamides is 1. The maximum atomic E-state index is 14.5. The van der Waals surface area contributed by atoms with E-state index in [2.05, 4.69) is 16.0 Å². The number of ketones is 1. The van der Waals surface area contributed by atoms with Gasteiger partial charge in [0.1, 0.15) is 12.1 Å². The fraction of sp³-hybridized carbons (Fsp3) is 0.844. The van der Waals surface area contributed by atoms with Crippen LogP contribution in [0.15, 0.2) is 0 Å². The highest BCUT2D eigenvalue weighted by Crippen LogP contribution is 2.41. The van der Waals surface area contributed by atoms with Gasteiger partial charge in [-0.1, -0.05) is 73.1 Å². The van der Waals surface area contributed by atoms with Crippen molar-refractivity contribution in [1.82, 2.24) is 25.2 Å². The van der Waals surface area contributed by atoms with Crippen LogP contribution in [0.5, 0.6) is 0 Å². The molecule has 3 aliphatic rings. The van der Waals surface area contributed by atoms with Crippen LogP contribution in [0, 0.1) is 22.7 Å². The van der Waals surface area contributed by atoms with E-state index >= 15 is 0 Å². The highest BCUT2D eigenvalue weighted by Gasteiger charge is 2.48. The quantitative estimate of drug-likeness (QED) is 0.216. The third kappa shape index (κ3) is 9.42. The molecule has 0 bridgehead atoms. The summed E-state index contributed by atoms with van der Waals surface area (Å²) in [5.74, 6) is -2.83. The molecule has 1 aliphatic heterocycles. The molecule has 46 heavy (non-hydrogen) atoms. The molecule has 262 valence electrons. The molecule has 14 heteroatoms. The number of Topliss-reactive ketones (excluding diaryl/α,β-unsaturated/α-hetero) is 1. The average Bonchev–Trinajstić information content (AvgIpc) is 3.32. The van der Waals surface area contributed by atoms with Crippen LogP contribution in [0.4, 0.5) is 4.79 Å². The van der Waals surface area contributed by atoms with Crippen molar-refractivity contribution >= 4 is 39.6 Å². The Hall–Kier alpha value is -2.74. The maximum Gasteiger partial charge on any atom is 0.315 e. The zero-order valence-electron chi connectivity index (χ0n) is 28.7. The van der Waals surface area contributed by atoms with Crippen molar-refractivity contribution < 1.29 is 32.4 Å². The van der Waals surface area contributed by atoms with Gasteiger partial charge in [0.25, 0.3) is 5.91 Å². The summed E-state index contributed by atoms with van der Waals surface area (Å²) >= 11 is 0. The standard InChI is InChI=1S/C32H56N6O7S/c1-20-14-17-38(24(20)28(41)34-22(25(39)27(33)40)18-21-12-11-13-21)29(42)26(32(5)15-9-8-10-16-32)36-30(43)35-23(31(2,3)4)19-37(6)46(7,44)45/h20-24,26H,8-19H2,1-7H3,(H2,33,40)(H,34,41)(H2,35,36,43)/t20-,22?,23+,24-,26+/m0/s1. The van der Waals surface area contributed by atoms with E-state index < -0.39 is 68.6 Å². The van der Waals surface area contributed by atoms with E-state index in [4.69, 9.17) is 5.73 Å². The molecule has 0 radical (unpaired) electrons. The van der Waals surface area contributed by atoms with Gasteiger partial charge in [-0.25, -0.2) is 17.5 Å². The molecular formula is C32H56N6O7S. The lowest BCUT2D eigenvalue weighted by molar-refractivity contribution is -0.145. The summed E-state index contributed by atoms with van der Waals surface area (Å²) in [7, 11) is -2.04. The highest BCUT2D eigenvalue weighted by atomic mass is 32.2. The molecule has 0 aromatic heterocycles. The molecular weight excluding hydrogens is 612 g/mol. The lowest BCUT2D eigenvalue weighted by Crippen LogP contribution is -2.63. The molecule has 1 unspecified atom stereocenters. The van der Waals surface area contributed by atoms with Crippen molar-refractivity contribution in [3.63, 3.8) is 0 Å². The lowest BCUT2D eigenvalue weighted by Gasteiger charge is -2.43. The molecule has 1 saturated heterocycles. The van der Waals surface area contributed by atoms with Gasteiger partial charge < -0.3 is 26.6 Å². The van der Waals surface area contributed by atoms with Crippen molar-refractivity contribution in [1.29, 1.82) is 0 Å². The number of amides is 5. The van der Waals surface area contributed by atoms with Crippen LogP contribution >= 0.6 is 0 Å². The van der Waals surface area contributed by atoms with Crippen LogP contribution in [0.1, 0.15) is 98.8 Å². The molecule has 5 amide bonds. The summed E-state index contributed by atoms with van der Waals surface area (Å²) < 4.78 is 25.5. The Balaban J connectivity index is 1.85. The summed E-state index contributed by atoms with van der Waals surface area (Å²) in [6, 6.07) is -4.03. The van der Waals surface area contributed by atoms with Crippen LogP contribution in [0.3, 0.4) is 0 Å². The molecule has 2 saturated carbocycles. The Bertz CT molecular complexity index is 1260. The van der Waals surface area contributed by atoms with E-state index in [9.17, 15) is 32.4 Å². The summed E-state index contributed by atoms with van der Waals surface area (Å²) in [6.45, 7) is 9.90. The second-order valence-electron chi connectivity index (χ2n) is 15.3. The van der Waals surface area contributed by atoms with Crippen LogP contribution < -0.4 is 21.7 Å². The Kier molecular flexibility index (Phi) is 12.3. The third-order valence-electron chi connectivity index (χ3n) is 10.5. The van der Waals surface area contributed by atoms with Gasteiger partial charge >= 0.3 is 6.03 Å². The van der Waals surface area contributed by atoms with E-state index in [0.717, 1.165) is 44.8 Å². The van der Waals surface area contributed by atoms with E-state index in [1.807, 2.05) is 34.6 Å². The molecule has 3 fully saturated rings. The number of likely N-dealkylation sites (tertiary alicyclic amines) is 1. The topological polar surface area (TPSA) is 188 Å². The number of nitrogens with one attached hydrogen (secondary N) is 3. The lowest BCUT2D eigenvalue weighted by atomic mass is 9.70. The maximum absolute atomic E-state index is 14.5. The monoisotopic (exact) mass is 668 g/mol. The minimum Gasteiger partial charge on any atom is -0.363 e. The molecule has 3 rings (SSSR count). The predicted octanol–water partition coefficient (Wildman–Crippen LogP) is 1.90. The molecule has 1 heterocycles. The van der Waals surface area contributed by atoms with Gasteiger partial charge in [-0.05, 0) is 48.3 Å². The molecule has 0 aromatic carbocycles. The number of rotatable bonds is 13. The first kappa shape index (κ1) is 37.7. The van der Waals surface area contributed by atoms with Crippen molar-refractivity contribution in [2.75, 3.05) is 26.4 Å². The van der Waals surface area contributed by atoms with Gasteiger partial charge in [0, 0.05) is 26.2 Å². The fourth-order valence-corrected chi connectivity index (χ4v) is 7.34. The highest BCUT2D eigenvalue weighted by molar-refractivity contribution is 7.88. The number of urea groups is 1. The Labute approximate surface area is 274 Å². The number of primary amides is 1. The van der Waals surface area contributed by atoms with E-state index in [1.54, 1.807) is 0 Å². The van der Waals surface area contributed by atoms with E-state index in [1.165, 1.54) is 16.3 Å². The fourth-order valence-electron chi connectivity index (χ4n) is 6.92. The SMILES string of the molecule is C[C@H]1CCN(C(=O)[C@@H](NC(=O)N[C@H](CN(C)S(C)(=O)=O)C(C)(C)C)C2(C)CCCCC2)[C@@H]1C(=O)NC(CC1CCC1)C(=O)C(N)=O. The molecule has 2 aliphatic carbocycles. The smallest absolute Gasteiger partial charge is 0.315 e. The van der Waals surface area contributed by atoms with Gasteiger partial charge in [-0.3, -0.25) is 19.2 Å². The zero-order valence-corrected chi connectivity index (χ0v) is 29.5. The predicted molar refractivity (Wildman–Crippen MR) is 175 cm³/mol. The van der Waals surface area contributed by atoms with Crippen LogP contribution in [-0.2, 0) is 29.2 Å². The van der Waals surface area contributed by atoms with E-state index in [-0.39, 0.29) is 24.3 Å². The molecule has 5 atom stereocenters. The van der Waals surface area contributed by atoms with Crippen molar-refractivity contribution in [2.45, 2.75) is 123 Å². The largest absolute Gasteiger partial charge is 0.363 e. The first-order valence-electron chi connectivity index (χ1n) is 16.7. The number of carbonyl (C=O) groups excluding carboxylic acids is 5. The number of hydrogen-bond acceptors (Lipinski definition) is 7. The van der Waals surface area contributed by atoms with Gasteiger partial charge in [-0.2, -0.15) is 0 Å². The average molecular weight is 669 g/mol. The summed E-state index contributed by atoms with van der Waals surface area (Å²) in [4.78, 5) is 67.8. The van der Waals surface area contributed by atoms with E-state index in [0.29, 0.717) is 32.2 Å². The second-order valence-corrected chi connectivity index (χ2v) is 17.4. The summed E-state index contributed by atoms with van der Waals surface area (Å²) in [6.07, 6.45) is 9.08. The van der Waals surface area contributed by atoms with Crippen molar-refractivity contribution in [2.24, 2.45) is 28.4 Å². The molecule has 0 aromatic rings. The first-order chi connectivity index (χ1) is 21.2. The molecule has 13 nitrogen and oxygen atoms in total. The number of nitrogens with two attached hydrogens (primary N) is 1. The van der Waals surface area contributed by atoms with Gasteiger partial charge in [0.15, 0.2) is 0 Å². The second kappa shape index (κ2) is 15.0. The number of nitrogens with zero attached hydrogens (tertiary/aromatic N) is 2. The Morgan fingerprint density at radius 2 is 1.59 bits per heavy atom. The Morgan fingerprint density at radius 3 is 2.09 bits per heavy atom. The molecule has 5 N–H and O–H groups in total. The first-order valence-corrected chi connectivity index (χ1v) is 18.5. The van der Waals surface area contributed by atoms with Crippen molar-refractivity contribution in [3.8, 4) is 0 Å². The minimum absolute atomic E-state index is 0.0452. The normalized spacial score (nSPS) is 24.0. The van der Waals surface area contributed by atoms with Gasteiger partial charge in [-0.15, -0.1) is 0 Å². The molecule has 0 spiro atoms. The van der Waals surface area contributed by atoms with Gasteiger partial charge in [0.05, 0.1) is 12.3 Å². The van der Waals surface area contributed by atoms with Crippen LogP contribution in [-0.4, -0.2) is 97.7 Å². The zero-order chi connectivity index (χ0) is 34.6. The Morgan fingerprint density at radius 1 is 0.978 bits per heavy atom. The third-order valence-corrected chi connectivity index (χ3v) is 11.8.